The van der Waals surface area contributed by atoms with Gasteiger partial charge in [0, 0.05) is 29.6 Å². The summed E-state index contributed by atoms with van der Waals surface area (Å²) in [6.07, 6.45) is 4.03. The van der Waals surface area contributed by atoms with Gasteiger partial charge in [-0.2, -0.15) is 5.26 Å². The third kappa shape index (κ3) is 2.49. The van der Waals surface area contributed by atoms with Gasteiger partial charge < -0.3 is 16.4 Å². The first-order chi connectivity index (χ1) is 9.76. The lowest BCUT2D eigenvalue weighted by atomic mass is 10.1. The Morgan fingerprint density at radius 1 is 1.45 bits per heavy atom. The van der Waals surface area contributed by atoms with Crippen LogP contribution >= 0.6 is 0 Å². The van der Waals surface area contributed by atoms with Gasteiger partial charge in [-0.05, 0) is 31.5 Å². The smallest absolute Gasteiger partial charge is 0.143 e. The van der Waals surface area contributed by atoms with Crippen molar-refractivity contribution in [2.75, 3.05) is 24.1 Å². The first kappa shape index (κ1) is 12.6. The summed E-state index contributed by atoms with van der Waals surface area (Å²) in [6, 6.07) is 5.98. The number of pyridine rings is 2. The Balaban J connectivity index is 1.90. The molecule has 1 atom stereocenters. The molecular weight excluding hydrogens is 252 g/mol. The molecule has 0 aliphatic carbocycles. The van der Waals surface area contributed by atoms with Crippen molar-refractivity contribution in [1.29, 1.82) is 5.26 Å². The predicted molar refractivity (Wildman–Crippen MR) is 78.2 cm³/mol. The molecule has 3 heterocycles. The molecule has 0 radical (unpaired) electrons. The number of nitriles is 1. The van der Waals surface area contributed by atoms with Crippen molar-refractivity contribution in [2.24, 2.45) is 0 Å². The highest BCUT2D eigenvalue weighted by Crippen LogP contribution is 2.23. The van der Waals surface area contributed by atoms with Crippen molar-refractivity contribution in [2.45, 2.75) is 18.9 Å². The Bertz CT molecular complexity index is 669. The Kier molecular flexibility index (Phi) is 3.35. The van der Waals surface area contributed by atoms with E-state index in [-0.39, 0.29) is 0 Å². The fourth-order valence-electron chi connectivity index (χ4n) is 2.49. The summed E-state index contributed by atoms with van der Waals surface area (Å²) >= 11 is 0. The van der Waals surface area contributed by atoms with Gasteiger partial charge in [-0.3, -0.25) is 0 Å². The topological polar surface area (TPSA) is 99.7 Å². The second-order valence-electron chi connectivity index (χ2n) is 4.98. The van der Waals surface area contributed by atoms with Crippen molar-refractivity contribution in [1.82, 2.24) is 15.3 Å². The van der Waals surface area contributed by atoms with Crippen LogP contribution in [0.3, 0.4) is 0 Å². The second kappa shape index (κ2) is 5.31. The predicted octanol–water partition coefficient (Wildman–Crippen LogP) is 1.25. The maximum atomic E-state index is 8.88. The highest BCUT2D eigenvalue weighted by Gasteiger charge is 2.13. The van der Waals surface area contributed by atoms with Crippen molar-refractivity contribution < 1.29 is 0 Å². The summed E-state index contributed by atoms with van der Waals surface area (Å²) in [6.45, 7) is 2.03. The zero-order valence-corrected chi connectivity index (χ0v) is 11.1. The fraction of sp³-hybridized carbons (Fsp3) is 0.357. The van der Waals surface area contributed by atoms with Crippen molar-refractivity contribution in [3.8, 4) is 6.07 Å². The zero-order valence-electron chi connectivity index (χ0n) is 11.1. The van der Waals surface area contributed by atoms with Gasteiger partial charge in [-0.15, -0.1) is 0 Å². The first-order valence-electron chi connectivity index (χ1n) is 6.70. The molecule has 1 aliphatic rings. The fourth-order valence-corrected chi connectivity index (χ4v) is 2.49. The van der Waals surface area contributed by atoms with E-state index in [1.807, 2.05) is 12.1 Å². The van der Waals surface area contributed by atoms with Gasteiger partial charge in [0.1, 0.15) is 23.4 Å². The highest BCUT2D eigenvalue weighted by molar-refractivity contribution is 5.92. The Labute approximate surface area is 117 Å². The molecule has 0 amide bonds. The lowest BCUT2D eigenvalue weighted by Gasteiger charge is -2.24. The number of nitrogens with two attached hydrogens (primary N) is 1. The summed E-state index contributed by atoms with van der Waals surface area (Å²) < 4.78 is 0. The number of rotatable bonds is 2. The van der Waals surface area contributed by atoms with E-state index in [9.17, 15) is 0 Å². The molecular formula is C14H16N6. The number of nitrogens with zero attached hydrogens (tertiary/aromatic N) is 3. The number of hydrogen-bond donors (Lipinski definition) is 3. The van der Waals surface area contributed by atoms with Crippen LogP contribution in [0.4, 0.5) is 11.6 Å². The van der Waals surface area contributed by atoms with E-state index >= 15 is 0 Å². The van der Waals surface area contributed by atoms with Crippen LogP contribution in [0.2, 0.25) is 0 Å². The molecule has 2 aromatic heterocycles. The SMILES string of the molecule is N#Cc1cc2cnc(N[C@H]3CCCNC3)cc2c(N)n1. The molecule has 1 saturated heterocycles. The number of aromatic nitrogens is 2. The average molecular weight is 268 g/mol. The van der Waals surface area contributed by atoms with Crippen LogP contribution in [0.1, 0.15) is 18.5 Å². The molecule has 1 fully saturated rings. The summed E-state index contributed by atoms with van der Waals surface area (Å²) in [7, 11) is 0. The second-order valence-corrected chi connectivity index (χ2v) is 4.98. The third-order valence-corrected chi connectivity index (χ3v) is 3.51. The standard InChI is InChI=1S/C14H16N6/c15-6-11-4-9-7-18-13(5-12(9)14(16)20-11)19-10-2-1-3-17-8-10/h4-5,7,10,17H,1-3,8H2,(H2,16,20)(H,18,19)/t10-/m0/s1. The number of piperidine rings is 1. The van der Waals surface area contributed by atoms with Crippen LogP contribution in [0.15, 0.2) is 18.3 Å². The van der Waals surface area contributed by atoms with Crippen molar-refractivity contribution in [3.05, 3.63) is 24.0 Å². The largest absolute Gasteiger partial charge is 0.383 e. The summed E-state index contributed by atoms with van der Waals surface area (Å²) in [4.78, 5) is 8.44. The Hall–Kier alpha value is -2.39. The van der Waals surface area contributed by atoms with E-state index in [4.69, 9.17) is 11.0 Å². The van der Waals surface area contributed by atoms with E-state index in [0.29, 0.717) is 17.6 Å². The third-order valence-electron chi connectivity index (χ3n) is 3.51. The lowest BCUT2D eigenvalue weighted by molar-refractivity contribution is 0.479. The Morgan fingerprint density at radius 3 is 3.10 bits per heavy atom. The van der Waals surface area contributed by atoms with Crippen LogP contribution in [-0.4, -0.2) is 29.1 Å². The number of hydrogen-bond acceptors (Lipinski definition) is 6. The minimum Gasteiger partial charge on any atom is -0.383 e. The zero-order chi connectivity index (χ0) is 13.9. The average Bonchev–Trinajstić information content (AvgIpc) is 2.48. The molecule has 20 heavy (non-hydrogen) atoms. The summed E-state index contributed by atoms with van der Waals surface area (Å²) in [5.74, 6) is 1.16. The van der Waals surface area contributed by atoms with Crippen LogP contribution < -0.4 is 16.4 Å². The normalized spacial score (nSPS) is 18.6. The van der Waals surface area contributed by atoms with Gasteiger partial charge in [-0.1, -0.05) is 0 Å². The monoisotopic (exact) mass is 268 g/mol. The maximum absolute atomic E-state index is 8.88. The van der Waals surface area contributed by atoms with Gasteiger partial charge in [-0.25, -0.2) is 9.97 Å². The van der Waals surface area contributed by atoms with Crippen LogP contribution in [0.25, 0.3) is 10.8 Å². The molecule has 0 saturated carbocycles. The summed E-state index contributed by atoms with van der Waals surface area (Å²) in [5.41, 5.74) is 6.22. The number of nitrogens with one attached hydrogen (secondary N) is 2. The molecule has 6 heteroatoms. The van der Waals surface area contributed by atoms with Gasteiger partial charge >= 0.3 is 0 Å². The summed E-state index contributed by atoms with van der Waals surface area (Å²) in [5, 5.41) is 17.3. The van der Waals surface area contributed by atoms with E-state index in [0.717, 1.165) is 36.1 Å². The molecule has 0 aromatic carbocycles. The van der Waals surface area contributed by atoms with Crippen LogP contribution in [0.5, 0.6) is 0 Å². The van der Waals surface area contributed by atoms with Crippen molar-refractivity contribution in [3.63, 3.8) is 0 Å². The molecule has 102 valence electrons. The minimum absolute atomic E-state index is 0.314. The molecule has 0 unspecified atom stereocenters. The highest BCUT2D eigenvalue weighted by atomic mass is 15.1. The van der Waals surface area contributed by atoms with Gasteiger partial charge in [0.15, 0.2) is 0 Å². The van der Waals surface area contributed by atoms with Crippen LogP contribution in [-0.2, 0) is 0 Å². The number of nitrogen functional groups attached to an aromatic ring is 1. The molecule has 1 aliphatic heterocycles. The molecule has 0 spiro atoms. The number of anilines is 2. The van der Waals surface area contributed by atoms with Gasteiger partial charge in [0.2, 0.25) is 0 Å². The van der Waals surface area contributed by atoms with E-state index in [2.05, 4.69) is 20.6 Å². The number of fused-ring (bicyclic) bond motifs is 1. The maximum Gasteiger partial charge on any atom is 0.143 e. The van der Waals surface area contributed by atoms with Gasteiger partial charge in [0.05, 0.1) is 0 Å². The first-order valence-corrected chi connectivity index (χ1v) is 6.70. The quantitative estimate of drug-likeness (QED) is 0.758. The van der Waals surface area contributed by atoms with E-state index in [1.165, 1.54) is 6.42 Å². The molecule has 4 N–H and O–H groups in total. The molecule has 2 aromatic rings. The Morgan fingerprint density at radius 2 is 2.35 bits per heavy atom. The van der Waals surface area contributed by atoms with E-state index < -0.39 is 0 Å². The van der Waals surface area contributed by atoms with Gasteiger partial charge in [0.25, 0.3) is 0 Å². The molecule has 0 bridgehead atoms. The molecule has 3 rings (SSSR count). The van der Waals surface area contributed by atoms with E-state index in [1.54, 1.807) is 12.3 Å². The van der Waals surface area contributed by atoms with Crippen LogP contribution in [0, 0.1) is 11.3 Å². The minimum atomic E-state index is 0.314. The van der Waals surface area contributed by atoms with Crippen molar-refractivity contribution >= 4 is 22.4 Å². The lowest BCUT2D eigenvalue weighted by Crippen LogP contribution is -2.38. The molecule has 6 nitrogen and oxygen atoms in total.